The van der Waals surface area contributed by atoms with Gasteiger partial charge in [-0.3, -0.25) is 0 Å². The first-order valence-electron chi connectivity index (χ1n) is 15.5. The average molecular weight is 553 g/mol. The second kappa shape index (κ2) is 14.4. The summed E-state index contributed by atoms with van der Waals surface area (Å²) < 4.78 is 67.9. The molecule has 6 heteroatoms. The van der Waals surface area contributed by atoms with E-state index in [4.69, 9.17) is 9.47 Å². The van der Waals surface area contributed by atoms with Crippen LogP contribution in [-0.2, 0) is 4.74 Å². The molecule has 0 N–H and O–H groups in total. The molecule has 2 saturated carbocycles. The zero-order chi connectivity index (χ0) is 27.8. The largest absolute Gasteiger partial charge is 0.484 e. The lowest BCUT2D eigenvalue weighted by molar-refractivity contribution is -0.0644. The molecule has 39 heavy (non-hydrogen) atoms. The van der Waals surface area contributed by atoms with E-state index in [1.807, 2.05) is 0 Å². The highest BCUT2D eigenvalue weighted by molar-refractivity contribution is 5.30. The molecule has 0 aromatic heterocycles. The Morgan fingerprint density at radius 3 is 2.13 bits per heavy atom. The van der Waals surface area contributed by atoms with Crippen LogP contribution in [0.15, 0.2) is 24.3 Å². The van der Waals surface area contributed by atoms with Crippen molar-refractivity contribution in [2.45, 2.75) is 116 Å². The molecule has 2 nitrogen and oxygen atoms in total. The van der Waals surface area contributed by atoms with Gasteiger partial charge in [0, 0.05) is 6.42 Å². The molecule has 0 bridgehead atoms. The number of rotatable bonds is 11. The Morgan fingerprint density at radius 1 is 0.872 bits per heavy atom. The summed E-state index contributed by atoms with van der Waals surface area (Å²) in [5, 5.41) is 0. The van der Waals surface area contributed by atoms with Crippen LogP contribution < -0.4 is 4.74 Å². The standard InChI is InChI=1S/C33H48F4O2/c1-3-4-5-29-18-17-28(21-38-29)27-15-13-25(14-16-27)8-7-24-9-11-26(12-10-24)20-33(36,37)22-39-30-19-6-23(2)31(34)32(30)35/h6-8,19,24-29H,3-5,9-18,20-22H2,1-2H3/b8-7+. The third kappa shape index (κ3) is 8.96. The topological polar surface area (TPSA) is 18.5 Å². The lowest BCUT2D eigenvalue weighted by Gasteiger charge is -2.37. The van der Waals surface area contributed by atoms with Crippen molar-refractivity contribution in [3.8, 4) is 5.75 Å². The molecule has 2 unspecified atom stereocenters. The Balaban J connectivity index is 1.12. The summed E-state index contributed by atoms with van der Waals surface area (Å²) in [5.41, 5.74) is 0.121. The van der Waals surface area contributed by atoms with E-state index in [0.29, 0.717) is 17.9 Å². The van der Waals surface area contributed by atoms with Crippen LogP contribution in [0.4, 0.5) is 17.6 Å². The monoisotopic (exact) mass is 552 g/mol. The molecule has 3 fully saturated rings. The number of alkyl halides is 2. The normalized spacial score (nSPS) is 30.5. The number of ether oxygens (including phenoxy) is 2. The van der Waals surface area contributed by atoms with Gasteiger partial charge in [0.05, 0.1) is 12.7 Å². The Bertz CT molecular complexity index is 909. The van der Waals surface area contributed by atoms with Crippen molar-refractivity contribution in [1.29, 1.82) is 0 Å². The van der Waals surface area contributed by atoms with Gasteiger partial charge in [-0.1, -0.05) is 38.0 Å². The second-order valence-corrected chi connectivity index (χ2v) is 12.6. The van der Waals surface area contributed by atoms with E-state index < -0.39 is 29.9 Å². The molecule has 1 aromatic carbocycles. The number of aryl methyl sites for hydroxylation is 1. The van der Waals surface area contributed by atoms with Gasteiger partial charge in [0.25, 0.3) is 5.92 Å². The predicted octanol–water partition coefficient (Wildman–Crippen LogP) is 9.83. The highest BCUT2D eigenvalue weighted by Gasteiger charge is 2.36. The Labute approximate surface area is 232 Å². The van der Waals surface area contributed by atoms with Crippen molar-refractivity contribution >= 4 is 0 Å². The first-order valence-corrected chi connectivity index (χ1v) is 15.5. The van der Waals surface area contributed by atoms with Crippen molar-refractivity contribution < 1.29 is 27.0 Å². The van der Waals surface area contributed by atoms with Crippen molar-refractivity contribution in [2.24, 2.45) is 29.6 Å². The van der Waals surface area contributed by atoms with Crippen LogP contribution in [0, 0.1) is 48.1 Å². The summed E-state index contributed by atoms with van der Waals surface area (Å²) in [5.74, 6) is -3.18. The number of benzene rings is 1. The van der Waals surface area contributed by atoms with E-state index >= 15 is 0 Å². The summed E-state index contributed by atoms with van der Waals surface area (Å²) in [6.45, 7) is 3.69. The van der Waals surface area contributed by atoms with Crippen LogP contribution in [0.2, 0.25) is 0 Å². The van der Waals surface area contributed by atoms with E-state index in [-0.39, 0.29) is 17.9 Å². The first kappa shape index (κ1) is 30.4. The molecular weight excluding hydrogens is 504 g/mol. The Morgan fingerprint density at radius 2 is 1.51 bits per heavy atom. The SMILES string of the molecule is CCCCC1CCC(C2CCC(/C=C/C3CCC(CC(F)(F)COc4ccc(C)c(F)c4F)CC3)CC2)CO1. The van der Waals surface area contributed by atoms with E-state index in [2.05, 4.69) is 19.1 Å². The van der Waals surface area contributed by atoms with Crippen LogP contribution in [0.3, 0.4) is 0 Å². The van der Waals surface area contributed by atoms with E-state index in [0.717, 1.165) is 44.1 Å². The minimum atomic E-state index is -3.07. The molecule has 0 radical (unpaired) electrons. The number of halogens is 4. The third-order valence-corrected chi connectivity index (χ3v) is 9.58. The molecule has 0 spiro atoms. The van der Waals surface area contributed by atoms with Crippen LogP contribution in [-0.4, -0.2) is 25.2 Å². The van der Waals surface area contributed by atoms with Gasteiger partial charge in [-0.25, -0.2) is 13.2 Å². The maximum absolute atomic E-state index is 14.6. The van der Waals surface area contributed by atoms with E-state index in [9.17, 15) is 17.6 Å². The molecule has 1 aliphatic heterocycles. The average Bonchev–Trinajstić information content (AvgIpc) is 2.94. The molecule has 1 saturated heterocycles. The van der Waals surface area contributed by atoms with Crippen molar-refractivity contribution in [3.63, 3.8) is 0 Å². The zero-order valence-corrected chi connectivity index (χ0v) is 23.9. The smallest absolute Gasteiger partial charge is 0.281 e. The Hall–Kier alpha value is -1.56. The summed E-state index contributed by atoms with van der Waals surface area (Å²) in [6.07, 6.45) is 19.8. The molecule has 4 rings (SSSR count). The van der Waals surface area contributed by atoms with Gasteiger partial charge in [-0.15, -0.1) is 0 Å². The van der Waals surface area contributed by atoms with Gasteiger partial charge in [-0.2, -0.15) is 4.39 Å². The maximum atomic E-state index is 14.6. The summed E-state index contributed by atoms with van der Waals surface area (Å²) in [7, 11) is 0. The second-order valence-electron chi connectivity index (χ2n) is 12.6. The zero-order valence-electron chi connectivity index (χ0n) is 23.9. The minimum Gasteiger partial charge on any atom is -0.484 e. The summed E-state index contributed by atoms with van der Waals surface area (Å²) >= 11 is 0. The summed E-state index contributed by atoms with van der Waals surface area (Å²) in [6, 6.07) is 2.54. The highest BCUT2D eigenvalue weighted by atomic mass is 19.3. The van der Waals surface area contributed by atoms with Gasteiger partial charge in [0.1, 0.15) is 0 Å². The van der Waals surface area contributed by atoms with Crippen LogP contribution in [0.5, 0.6) is 5.75 Å². The van der Waals surface area contributed by atoms with Crippen molar-refractivity contribution in [2.75, 3.05) is 13.2 Å². The van der Waals surface area contributed by atoms with Crippen LogP contribution in [0.1, 0.15) is 102 Å². The molecule has 2 aliphatic carbocycles. The molecule has 0 amide bonds. The number of allylic oxidation sites excluding steroid dienone is 2. The van der Waals surface area contributed by atoms with Crippen LogP contribution >= 0.6 is 0 Å². The molecule has 220 valence electrons. The van der Waals surface area contributed by atoms with Gasteiger partial charge in [0.15, 0.2) is 18.2 Å². The van der Waals surface area contributed by atoms with Crippen LogP contribution in [0.25, 0.3) is 0 Å². The predicted molar refractivity (Wildman–Crippen MR) is 148 cm³/mol. The fraction of sp³-hybridized carbons (Fsp3) is 0.758. The van der Waals surface area contributed by atoms with Crippen molar-refractivity contribution in [3.05, 3.63) is 41.5 Å². The minimum absolute atomic E-state index is 0.0671. The van der Waals surface area contributed by atoms with Crippen molar-refractivity contribution in [1.82, 2.24) is 0 Å². The Kier molecular flexibility index (Phi) is 11.2. The quantitative estimate of drug-likeness (QED) is 0.201. The lowest BCUT2D eigenvalue weighted by atomic mass is 9.73. The van der Waals surface area contributed by atoms with Gasteiger partial charge >= 0.3 is 0 Å². The third-order valence-electron chi connectivity index (χ3n) is 9.58. The van der Waals surface area contributed by atoms with Gasteiger partial charge in [0.2, 0.25) is 5.82 Å². The van der Waals surface area contributed by atoms with Gasteiger partial charge in [-0.05, 0) is 119 Å². The molecular formula is C33H48F4O2. The number of hydrogen-bond acceptors (Lipinski definition) is 2. The fourth-order valence-corrected chi connectivity index (χ4v) is 6.97. The summed E-state index contributed by atoms with van der Waals surface area (Å²) in [4.78, 5) is 0. The molecule has 3 aliphatic rings. The van der Waals surface area contributed by atoms with Gasteiger partial charge < -0.3 is 9.47 Å². The lowest BCUT2D eigenvalue weighted by Crippen LogP contribution is -2.32. The van der Waals surface area contributed by atoms with E-state index in [1.54, 1.807) is 0 Å². The molecule has 2 atom stereocenters. The highest BCUT2D eigenvalue weighted by Crippen LogP contribution is 2.40. The first-order chi connectivity index (χ1) is 18.7. The molecule has 1 aromatic rings. The maximum Gasteiger partial charge on any atom is 0.281 e. The van der Waals surface area contributed by atoms with E-state index in [1.165, 1.54) is 76.8 Å². The fourth-order valence-electron chi connectivity index (χ4n) is 6.97. The number of hydrogen-bond donors (Lipinski definition) is 0. The number of unbranched alkanes of at least 4 members (excludes halogenated alkanes) is 1. The molecule has 1 heterocycles.